The Kier molecular flexibility index (Phi) is 10.5. The normalized spacial score (nSPS) is 15.9. The lowest BCUT2D eigenvalue weighted by Gasteiger charge is -2.22. The van der Waals surface area contributed by atoms with Gasteiger partial charge < -0.3 is 21.1 Å². The number of carboxylic acid groups (broad SMARTS) is 1. The second-order valence-corrected chi connectivity index (χ2v) is 9.82. The van der Waals surface area contributed by atoms with Crippen molar-refractivity contribution in [2.24, 2.45) is 5.92 Å². The number of aliphatic carboxylic acids is 1. The summed E-state index contributed by atoms with van der Waals surface area (Å²) < 4.78 is 66.0. The molecule has 35 heavy (non-hydrogen) atoms. The highest BCUT2D eigenvalue weighted by Gasteiger charge is 2.38. The van der Waals surface area contributed by atoms with Gasteiger partial charge in [0, 0.05) is 25.9 Å². The highest BCUT2D eigenvalue weighted by atomic mass is 32.2. The fourth-order valence-corrected chi connectivity index (χ4v) is 5.00. The number of hydrogen-bond donors (Lipinski definition) is 5. The largest absolute Gasteiger partial charge is 0.480 e. The van der Waals surface area contributed by atoms with E-state index >= 15 is 0 Å². The fourth-order valence-electron chi connectivity index (χ4n) is 3.58. The maximum atomic E-state index is 13.1. The minimum absolute atomic E-state index is 0.000682. The molecule has 0 radical (unpaired) electrons. The molecule has 1 aliphatic rings. The van der Waals surface area contributed by atoms with Crippen molar-refractivity contribution in [1.82, 2.24) is 20.7 Å². The van der Waals surface area contributed by atoms with Crippen LogP contribution < -0.4 is 20.7 Å². The summed E-state index contributed by atoms with van der Waals surface area (Å²) >= 11 is 0. The monoisotopic (exact) mass is 522 g/mol. The van der Waals surface area contributed by atoms with Gasteiger partial charge in [-0.25, -0.2) is 8.42 Å². The van der Waals surface area contributed by atoms with E-state index in [1.807, 2.05) is 0 Å². The first kappa shape index (κ1) is 28.5. The smallest absolute Gasteiger partial charge is 0.417 e. The molecular formula is C21H29F3N4O6S. The number of carbonyl (C=O) groups is 3. The minimum atomic E-state index is -4.98. The first-order valence-corrected chi connectivity index (χ1v) is 12.5. The van der Waals surface area contributed by atoms with Crippen molar-refractivity contribution in [3.8, 4) is 0 Å². The van der Waals surface area contributed by atoms with E-state index in [9.17, 15) is 41.1 Å². The third-order valence-electron chi connectivity index (χ3n) is 5.49. The molecule has 10 nitrogen and oxygen atoms in total. The van der Waals surface area contributed by atoms with Crippen LogP contribution in [0.4, 0.5) is 13.2 Å². The fraction of sp³-hybridized carbons (Fsp3) is 0.571. The number of sulfonamides is 1. The van der Waals surface area contributed by atoms with Gasteiger partial charge in [-0.15, -0.1) is 0 Å². The van der Waals surface area contributed by atoms with Crippen LogP contribution in [0, 0.1) is 5.92 Å². The summed E-state index contributed by atoms with van der Waals surface area (Å²) in [6.07, 6.45) is -2.07. The zero-order chi connectivity index (χ0) is 26.1. The number of hydrogen-bond acceptors (Lipinski definition) is 6. The average Bonchev–Trinajstić information content (AvgIpc) is 2.80. The van der Waals surface area contributed by atoms with Gasteiger partial charge in [0.1, 0.15) is 6.04 Å². The number of rotatable bonds is 12. The maximum absolute atomic E-state index is 13.1. The van der Waals surface area contributed by atoms with Crippen LogP contribution in [0.3, 0.4) is 0 Å². The van der Waals surface area contributed by atoms with E-state index in [2.05, 4.69) is 16.0 Å². The first-order valence-electron chi connectivity index (χ1n) is 11.1. The van der Waals surface area contributed by atoms with E-state index in [1.54, 1.807) is 4.72 Å². The van der Waals surface area contributed by atoms with Gasteiger partial charge in [0.05, 0.1) is 10.5 Å². The standard InChI is InChI=1S/C21H29F3N4O6S/c22-21(23,24)15-3-1-2-4-17(15)35(33,34)28-16(20(31)32)13-27-19(30)9-12-26-18(29)6-5-14-7-10-25-11-8-14/h1-4,14,16,25,28H,5-13H2,(H,26,29)(H,27,30)(H,31,32)/t16-/m0/s1. The molecule has 1 aliphatic heterocycles. The number of carboxylic acids is 1. The Labute approximate surface area is 201 Å². The summed E-state index contributed by atoms with van der Waals surface area (Å²) in [7, 11) is -4.87. The van der Waals surface area contributed by atoms with Crippen LogP contribution in [0.2, 0.25) is 0 Å². The molecular weight excluding hydrogens is 493 g/mol. The Morgan fingerprint density at radius 1 is 1.06 bits per heavy atom. The number of piperidine rings is 1. The van der Waals surface area contributed by atoms with Crippen molar-refractivity contribution in [3.63, 3.8) is 0 Å². The highest BCUT2D eigenvalue weighted by molar-refractivity contribution is 7.89. The summed E-state index contributed by atoms with van der Waals surface area (Å²) in [5.74, 6) is -2.09. The molecule has 5 N–H and O–H groups in total. The molecule has 1 heterocycles. The van der Waals surface area contributed by atoms with Crippen molar-refractivity contribution >= 4 is 27.8 Å². The van der Waals surface area contributed by atoms with E-state index in [1.165, 1.54) is 0 Å². The Bertz CT molecular complexity index is 997. The summed E-state index contributed by atoms with van der Waals surface area (Å²) in [5, 5.41) is 17.3. The quantitative estimate of drug-likeness (QED) is 0.273. The van der Waals surface area contributed by atoms with Crippen LogP contribution in [-0.2, 0) is 30.6 Å². The maximum Gasteiger partial charge on any atom is 0.417 e. The highest BCUT2D eigenvalue weighted by Crippen LogP contribution is 2.33. The second-order valence-electron chi connectivity index (χ2n) is 8.14. The van der Waals surface area contributed by atoms with Crippen LogP contribution >= 0.6 is 0 Å². The first-order chi connectivity index (χ1) is 16.4. The summed E-state index contributed by atoms with van der Waals surface area (Å²) in [6, 6.07) is 1.43. The van der Waals surface area contributed by atoms with Crippen LogP contribution in [0.1, 0.15) is 37.7 Å². The summed E-state index contributed by atoms with van der Waals surface area (Å²) in [5.41, 5.74) is -1.45. The molecule has 14 heteroatoms. The third-order valence-corrected chi connectivity index (χ3v) is 7.02. The summed E-state index contributed by atoms with van der Waals surface area (Å²) in [6.45, 7) is 1.15. The van der Waals surface area contributed by atoms with Gasteiger partial charge in [0.25, 0.3) is 0 Å². The molecule has 0 unspecified atom stereocenters. The summed E-state index contributed by atoms with van der Waals surface area (Å²) in [4.78, 5) is 34.2. The van der Waals surface area contributed by atoms with E-state index in [0.717, 1.165) is 44.5 Å². The molecule has 1 aromatic carbocycles. The van der Waals surface area contributed by atoms with Gasteiger partial charge in [-0.1, -0.05) is 12.1 Å². The lowest BCUT2D eigenvalue weighted by Crippen LogP contribution is -2.48. The Morgan fingerprint density at radius 2 is 1.69 bits per heavy atom. The van der Waals surface area contributed by atoms with Crippen molar-refractivity contribution < 1.29 is 41.1 Å². The van der Waals surface area contributed by atoms with Crippen molar-refractivity contribution in [3.05, 3.63) is 29.8 Å². The van der Waals surface area contributed by atoms with Gasteiger partial charge in [-0.2, -0.15) is 17.9 Å². The van der Waals surface area contributed by atoms with Gasteiger partial charge in [0.2, 0.25) is 21.8 Å². The van der Waals surface area contributed by atoms with E-state index in [-0.39, 0.29) is 18.9 Å². The van der Waals surface area contributed by atoms with Gasteiger partial charge in [-0.05, 0) is 50.4 Å². The molecule has 0 aromatic heterocycles. The van der Waals surface area contributed by atoms with Gasteiger partial charge >= 0.3 is 12.1 Å². The Morgan fingerprint density at radius 3 is 2.31 bits per heavy atom. The Hall–Kier alpha value is -2.71. The molecule has 1 aromatic rings. The molecule has 1 fully saturated rings. The lowest BCUT2D eigenvalue weighted by molar-refractivity contribution is -0.140. The van der Waals surface area contributed by atoms with E-state index in [0.29, 0.717) is 24.5 Å². The van der Waals surface area contributed by atoms with Crippen LogP contribution in [0.25, 0.3) is 0 Å². The molecule has 2 rings (SSSR count). The topological polar surface area (TPSA) is 154 Å². The SMILES string of the molecule is O=C(CCC1CCNCC1)NCCC(=O)NC[C@H](NS(=O)(=O)c1ccccc1C(F)(F)F)C(=O)O. The van der Waals surface area contributed by atoms with Crippen molar-refractivity contribution in [1.29, 1.82) is 0 Å². The minimum Gasteiger partial charge on any atom is -0.480 e. The number of carbonyl (C=O) groups excluding carboxylic acids is 2. The van der Waals surface area contributed by atoms with Gasteiger partial charge in [0.15, 0.2) is 0 Å². The van der Waals surface area contributed by atoms with E-state index < -0.39 is 51.1 Å². The van der Waals surface area contributed by atoms with Crippen LogP contribution in [0.15, 0.2) is 29.2 Å². The predicted molar refractivity (Wildman–Crippen MR) is 119 cm³/mol. The third kappa shape index (κ3) is 9.45. The molecule has 1 saturated heterocycles. The van der Waals surface area contributed by atoms with Crippen LogP contribution in [0.5, 0.6) is 0 Å². The van der Waals surface area contributed by atoms with Crippen molar-refractivity contribution in [2.75, 3.05) is 26.2 Å². The number of alkyl halides is 3. The average molecular weight is 523 g/mol. The van der Waals surface area contributed by atoms with Gasteiger partial charge in [-0.3, -0.25) is 14.4 Å². The second kappa shape index (κ2) is 12.8. The number of amides is 2. The molecule has 196 valence electrons. The number of halogens is 3. The molecule has 0 bridgehead atoms. The number of nitrogens with one attached hydrogen (secondary N) is 4. The lowest BCUT2D eigenvalue weighted by atomic mass is 9.93. The predicted octanol–water partition coefficient (Wildman–Crippen LogP) is 0.839. The Balaban J connectivity index is 1.82. The zero-order valence-corrected chi connectivity index (χ0v) is 19.7. The van der Waals surface area contributed by atoms with Crippen molar-refractivity contribution in [2.45, 2.75) is 49.2 Å². The molecule has 0 saturated carbocycles. The molecule has 0 spiro atoms. The van der Waals surface area contributed by atoms with E-state index in [4.69, 9.17) is 0 Å². The number of benzene rings is 1. The molecule has 1 atom stereocenters. The van der Waals surface area contributed by atoms with Crippen LogP contribution in [-0.4, -0.2) is 63.5 Å². The molecule has 2 amide bonds. The molecule has 0 aliphatic carbocycles. The zero-order valence-electron chi connectivity index (χ0n) is 18.9.